The molecule has 0 spiro atoms. The number of halogens is 1. The average Bonchev–Trinajstić information content (AvgIpc) is 2.39. The van der Waals surface area contributed by atoms with Gasteiger partial charge in [-0.15, -0.1) is 0 Å². The minimum absolute atomic E-state index is 0.762. The first-order chi connectivity index (χ1) is 8.33. The van der Waals surface area contributed by atoms with Crippen molar-refractivity contribution in [2.45, 2.75) is 4.90 Å². The van der Waals surface area contributed by atoms with Crippen LogP contribution in [0.15, 0.2) is 58.8 Å². The molecule has 84 valence electrons. The van der Waals surface area contributed by atoms with Crippen molar-refractivity contribution in [3.8, 4) is 0 Å². The highest BCUT2D eigenvalue weighted by Crippen LogP contribution is 2.36. The highest BCUT2D eigenvalue weighted by Gasteiger charge is 2.11. The summed E-state index contributed by atoms with van der Waals surface area (Å²) < 4.78 is 0. The molecule has 0 aromatic heterocycles. The maximum Gasteiger partial charge on any atom is 0.0526 e. The molecule has 1 aliphatic heterocycles. The topological polar surface area (TPSA) is 12.0 Å². The summed E-state index contributed by atoms with van der Waals surface area (Å²) in [5.74, 6) is 0. The third-order valence-electron chi connectivity index (χ3n) is 2.62. The molecule has 0 saturated heterocycles. The van der Waals surface area contributed by atoms with E-state index in [4.69, 9.17) is 11.6 Å². The normalized spacial score (nSPS) is 13.6. The number of fused-ring (bicyclic) bond motifs is 1. The number of rotatable bonds is 1. The first-order valence-corrected chi connectivity index (χ1v) is 6.57. The molecule has 3 heteroatoms. The van der Waals surface area contributed by atoms with Crippen molar-refractivity contribution >= 4 is 34.7 Å². The second-order valence-corrected chi connectivity index (χ2v) is 5.13. The summed E-state index contributed by atoms with van der Waals surface area (Å²) in [6.07, 6.45) is 0. The number of nitrogens with one attached hydrogen (secondary N) is 1. The molecule has 2 aromatic rings. The van der Waals surface area contributed by atoms with Crippen LogP contribution in [0.25, 0.3) is 5.70 Å². The molecule has 0 radical (unpaired) electrons. The van der Waals surface area contributed by atoms with E-state index in [9.17, 15) is 0 Å². The fourth-order valence-corrected chi connectivity index (χ4v) is 2.71. The fraction of sp³-hybridized carbons (Fsp3) is 0. The minimum atomic E-state index is 0.762. The molecule has 0 amide bonds. The Kier molecular flexibility index (Phi) is 2.83. The third-order valence-corrected chi connectivity index (χ3v) is 3.83. The number of para-hydroxylation sites is 1. The van der Waals surface area contributed by atoms with E-state index >= 15 is 0 Å². The van der Waals surface area contributed by atoms with Gasteiger partial charge in [0.1, 0.15) is 0 Å². The van der Waals surface area contributed by atoms with E-state index in [0.717, 1.165) is 22.0 Å². The van der Waals surface area contributed by atoms with Crippen LogP contribution in [0.4, 0.5) is 5.69 Å². The van der Waals surface area contributed by atoms with Crippen LogP contribution in [0, 0.1) is 0 Å². The van der Waals surface area contributed by atoms with Crippen LogP contribution in [0.1, 0.15) is 5.56 Å². The molecular weight excluding hydrogens is 250 g/mol. The Morgan fingerprint density at radius 2 is 1.71 bits per heavy atom. The van der Waals surface area contributed by atoms with Crippen LogP contribution in [0.2, 0.25) is 5.02 Å². The molecule has 0 fully saturated rings. The zero-order chi connectivity index (χ0) is 11.7. The van der Waals surface area contributed by atoms with Gasteiger partial charge >= 0.3 is 0 Å². The van der Waals surface area contributed by atoms with E-state index in [1.165, 1.54) is 4.90 Å². The van der Waals surface area contributed by atoms with Crippen LogP contribution in [-0.4, -0.2) is 0 Å². The van der Waals surface area contributed by atoms with Crippen LogP contribution in [-0.2, 0) is 0 Å². The molecule has 3 rings (SSSR count). The van der Waals surface area contributed by atoms with Gasteiger partial charge < -0.3 is 5.32 Å². The molecule has 0 aliphatic carbocycles. The highest BCUT2D eigenvalue weighted by atomic mass is 35.5. The van der Waals surface area contributed by atoms with E-state index in [-0.39, 0.29) is 0 Å². The summed E-state index contributed by atoms with van der Waals surface area (Å²) in [6.45, 7) is 0. The lowest BCUT2D eigenvalue weighted by Crippen LogP contribution is -2.02. The number of thioether (sulfide) groups is 1. The maximum absolute atomic E-state index is 5.89. The Bertz CT molecular complexity index is 575. The Hall–Kier alpha value is -1.38. The first kappa shape index (κ1) is 10.8. The van der Waals surface area contributed by atoms with Crippen molar-refractivity contribution in [2.24, 2.45) is 0 Å². The SMILES string of the molecule is Clc1ccc(C2=CSc3ccccc3N2)cc1. The number of hydrogen-bond acceptors (Lipinski definition) is 2. The summed E-state index contributed by atoms with van der Waals surface area (Å²) in [4.78, 5) is 1.25. The standard InChI is InChI=1S/C14H10ClNS/c15-11-7-5-10(6-8-11)13-9-17-14-4-2-1-3-12(14)16-13/h1-9,16H. The van der Waals surface area contributed by atoms with Gasteiger partial charge in [-0.2, -0.15) is 0 Å². The Balaban J connectivity index is 1.93. The van der Waals surface area contributed by atoms with Crippen molar-refractivity contribution in [3.63, 3.8) is 0 Å². The van der Waals surface area contributed by atoms with Gasteiger partial charge in [-0.1, -0.05) is 47.6 Å². The molecule has 0 saturated carbocycles. The van der Waals surface area contributed by atoms with Crippen molar-refractivity contribution in [2.75, 3.05) is 5.32 Å². The second-order valence-electron chi connectivity index (χ2n) is 3.78. The molecular formula is C14H10ClNS. The van der Waals surface area contributed by atoms with E-state index in [2.05, 4.69) is 28.9 Å². The van der Waals surface area contributed by atoms with Crippen LogP contribution in [0.3, 0.4) is 0 Å². The Morgan fingerprint density at radius 3 is 2.53 bits per heavy atom. The van der Waals surface area contributed by atoms with E-state index in [1.54, 1.807) is 11.8 Å². The van der Waals surface area contributed by atoms with Crippen LogP contribution >= 0.6 is 23.4 Å². The molecule has 0 atom stereocenters. The predicted molar refractivity (Wildman–Crippen MR) is 75.4 cm³/mol. The zero-order valence-electron chi connectivity index (χ0n) is 8.98. The molecule has 0 unspecified atom stereocenters. The van der Waals surface area contributed by atoms with Gasteiger partial charge in [0.2, 0.25) is 0 Å². The van der Waals surface area contributed by atoms with E-state index in [1.807, 2.05) is 30.3 Å². The Morgan fingerprint density at radius 1 is 0.941 bits per heavy atom. The second kappa shape index (κ2) is 4.47. The van der Waals surface area contributed by atoms with Crippen molar-refractivity contribution < 1.29 is 0 Å². The van der Waals surface area contributed by atoms with Gasteiger partial charge in [0, 0.05) is 15.3 Å². The summed E-state index contributed by atoms with van der Waals surface area (Å²) in [7, 11) is 0. The predicted octanol–water partition coefficient (Wildman–Crippen LogP) is 4.86. The van der Waals surface area contributed by atoms with Crippen molar-refractivity contribution in [3.05, 3.63) is 64.5 Å². The molecule has 0 bridgehead atoms. The zero-order valence-corrected chi connectivity index (χ0v) is 10.6. The summed E-state index contributed by atoms with van der Waals surface area (Å²) in [6, 6.07) is 16.2. The van der Waals surface area contributed by atoms with Crippen molar-refractivity contribution in [1.82, 2.24) is 0 Å². The third kappa shape index (κ3) is 2.19. The monoisotopic (exact) mass is 259 g/mol. The molecule has 17 heavy (non-hydrogen) atoms. The summed E-state index contributed by atoms with van der Waals surface area (Å²) in [5, 5.41) is 6.32. The van der Waals surface area contributed by atoms with Gasteiger partial charge in [0.15, 0.2) is 0 Å². The van der Waals surface area contributed by atoms with Gasteiger partial charge in [-0.05, 0) is 29.8 Å². The summed E-state index contributed by atoms with van der Waals surface area (Å²) in [5.41, 5.74) is 3.42. The lowest BCUT2D eigenvalue weighted by Gasteiger charge is -2.18. The minimum Gasteiger partial charge on any atom is -0.354 e. The number of benzene rings is 2. The van der Waals surface area contributed by atoms with Gasteiger partial charge in [0.25, 0.3) is 0 Å². The largest absolute Gasteiger partial charge is 0.354 e. The van der Waals surface area contributed by atoms with Gasteiger partial charge in [0.05, 0.1) is 11.4 Å². The van der Waals surface area contributed by atoms with Crippen molar-refractivity contribution in [1.29, 1.82) is 0 Å². The molecule has 1 aliphatic rings. The smallest absolute Gasteiger partial charge is 0.0526 e. The van der Waals surface area contributed by atoms with Gasteiger partial charge in [-0.3, -0.25) is 0 Å². The number of anilines is 1. The quantitative estimate of drug-likeness (QED) is 0.785. The molecule has 1 nitrogen and oxygen atoms in total. The lowest BCUT2D eigenvalue weighted by molar-refractivity contribution is 1.41. The first-order valence-electron chi connectivity index (χ1n) is 5.32. The molecule has 1 N–H and O–H groups in total. The average molecular weight is 260 g/mol. The van der Waals surface area contributed by atoms with Gasteiger partial charge in [-0.25, -0.2) is 0 Å². The number of hydrogen-bond donors (Lipinski definition) is 1. The van der Waals surface area contributed by atoms with E-state index < -0.39 is 0 Å². The van der Waals surface area contributed by atoms with Crippen LogP contribution < -0.4 is 5.32 Å². The fourth-order valence-electron chi connectivity index (χ4n) is 1.74. The molecule has 2 aromatic carbocycles. The van der Waals surface area contributed by atoms with E-state index in [0.29, 0.717) is 0 Å². The maximum atomic E-state index is 5.89. The Labute approximate surface area is 109 Å². The molecule has 1 heterocycles. The highest BCUT2D eigenvalue weighted by molar-refractivity contribution is 8.02. The lowest BCUT2D eigenvalue weighted by atomic mass is 10.1. The summed E-state index contributed by atoms with van der Waals surface area (Å²) >= 11 is 7.62. The van der Waals surface area contributed by atoms with Crippen LogP contribution in [0.5, 0.6) is 0 Å².